The highest BCUT2D eigenvalue weighted by Crippen LogP contribution is 2.38. The van der Waals surface area contributed by atoms with E-state index >= 15 is 0 Å². The van der Waals surface area contributed by atoms with Gasteiger partial charge in [0.25, 0.3) is 5.56 Å². The Bertz CT molecular complexity index is 788. The van der Waals surface area contributed by atoms with E-state index in [1.165, 1.54) is 0 Å². The molecule has 27 heavy (non-hydrogen) atoms. The summed E-state index contributed by atoms with van der Waals surface area (Å²) >= 11 is 0. The molecule has 2 fully saturated rings. The lowest BCUT2D eigenvalue weighted by Crippen LogP contribution is -2.62. The van der Waals surface area contributed by atoms with E-state index < -0.39 is 5.54 Å². The van der Waals surface area contributed by atoms with Crippen molar-refractivity contribution in [3.05, 3.63) is 27.4 Å². The summed E-state index contributed by atoms with van der Waals surface area (Å²) in [5, 5.41) is 9.22. The molecular formula is C19H28N4O4. The van der Waals surface area contributed by atoms with Gasteiger partial charge in [0, 0.05) is 37.3 Å². The number of rotatable bonds is 5. The summed E-state index contributed by atoms with van der Waals surface area (Å²) in [5.41, 5.74) is -0.163. The first-order valence-corrected chi connectivity index (χ1v) is 9.72. The monoisotopic (exact) mass is 376 g/mol. The standard InChI is InChI=1S/C19H28N4O4/c1-3-15-20-13(2)14(17(26)21-15)12-16(25)23-9-5-7-19(23)6-4-8-22(10-11-24)18(19)27/h24H,3-12H2,1-2H3,(H,20,21,26). The van der Waals surface area contributed by atoms with Crippen LogP contribution in [-0.2, 0) is 22.4 Å². The number of piperidine rings is 1. The third-order valence-corrected chi connectivity index (χ3v) is 5.80. The number of H-pyrrole nitrogens is 1. The molecule has 8 heteroatoms. The predicted molar refractivity (Wildman–Crippen MR) is 99.3 cm³/mol. The normalized spacial score (nSPS) is 22.7. The minimum Gasteiger partial charge on any atom is -0.395 e. The van der Waals surface area contributed by atoms with Crippen molar-refractivity contribution in [2.24, 2.45) is 0 Å². The van der Waals surface area contributed by atoms with E-state index in [2.05, 4.69) is 9.97 Å². The van der Waals surface area contributed by atoms with Gasteiger partial charge < -0.3 is 19.9 Å². The smallest absolute Gasteiger partial charge is 0.254 e. The molecular weight excluding hydrogens is 348 g/mol. The van der Waals surface area contributed by atoms with Gasteiger partial charge in [0.15, 0.2) is 0 Å². The summed E-state index contributed by atoms with van der Waals surface area (Å²) in [6, 6.07) is 0. The van der Waals surface area contributed by atoms with E-state index in [0.29, 0.717) is 56.0 Å². The van der Waals surface area contributed by atoms with E-state index in [1.54, 1.807) is 16.7 Å². The van der Waals surface area contributed by atoms with Crippen LogP contribution in [0, 0.1) is 6.92 Å². The number of hydrogen-bond donors (Lipinski definition) is 2. The largest absolute Gasteiger partial charge is 0.395 e. The molecule has 2 saturated heterocycles. The first kappa shape index (κ1) is 19.5. The Morgan fingerprint density at radius 3 is 2.59 bits per heavy atom. The second-order valence-electron chi connectivity index (χ2n) is 7.41. The van der Waals surface area contributed by atoms with Crippen LogP contribution in [0.2, 0.25) is 0 Å². The lowest BCUT2D eigenvalue weighted by atomic mass is 9.85. The van der Waals surface area contributed by atoms with Gasteiger partial charge in [-0.15, -0.1) is 0 Å². The van der Waals surface area contributed by atoms with Crippen molar-refractivity contribution >= 4 is 11.8 Å². The number of carbonyl (C=O) groups excluding carboxylic acids is 2. The number of hydrogen-bond acceptors (Lipinski definition) is 5. The first-order chi connectivity index (χ1) is 12.9. The SMILES string of the molecule is CCc1nc(C)c(CC(=O)N2CCCC23CCCN(CCO)C3=O)c(=O)[nH]1. The molecule has 1 atom stereocenters. The second-order valence-corrected chi connectivity index (χ2v) is 7.41. The van der Waals surface area contributed by atoms with E-state index in [-0.39, 0.29) is 30.4 Å². The Morgan fingerprint density at radius 2 is 1.96 bits per heavy atom. The minimum absolute atomic E-state index is 0.0484. The van der Waals surface area contributed by atoms with Crippen LogP contribution in [0.3, 0.4) is 0 Å². The number of nitrogens with one attached hydrogen (secondary N) is 1. The highest BCUT2D eigenvalue weighted by molar-refractivity contribution is 5.93. The van der Waals surface area contributed by atoms with Gasteiger partial charge in [-0.05, 0) is 32.6 Å². The van der Waals surface area contributed by atoms with Crippen LogP contribution in [0.5, 0.6) is 0 Å². The molecule has 1 aromatic heterocycles. The second kappa shape index (κ2) is 7.80. The number of aromatic amines is 1. The fourth-order valence-corrected chi connectivity index (χ4v) is 4.41. The zero-order valence-electron chi connectivity index (χ0n) is 16.1. The summed E-state index contributed by atoms with van der Waals surface area (Å²) in [6.45, 7) is 5.00. The number of aryl methyl sites for hydroxylation is 2. The van der Waals surface area contributed by atoms with Crippen LogP contribution in [0.15, 0.2) is 4.79 Å². The highest BCUT2D eigenvalue weighted by Gasteiger charge is 2.52. The zero-order chi connectivity index (χ0) is 19.6. The van der Waals surface area contributed by atoms with Crippen LogP contribution in [0.25, 0.3) is 0 Å². The van der Waals surface area contributed by atoms with Crippen LogP contribution >= 0.6 is 0 Å². The van der Waals surface area contributed by atoms with Crippen molar-refractivity contribution in [3.8, 4) is 0 Å². The molecule has 0 saturated carbocycles. The zero-order valence-corrected chi connectivity index (χ0v) is 16.1. The molecule has 2 N–H and O–H groups in total. The fourth-order valence-electron chi connectivity index (χ4n) is 4.41. The molecule has 1 spiro atoms. The Balaban J connectivity index is 1.84. The maximum absolute atomic E-state index is 13.1. The quantitative estimate of drug-likeness (QED) is 0.761. The van der Waals surface area contributed by atoms with E-state index in [1.807, 2.05) is 6.92 Å². The molecule has 2 aliphatic heterocycles. The molecule has 3 heterocycles. The molecule has 1 unspecified atom stereocenters. The molecule has 0 radical (unpaired) electrons. The van der Waals surface area contributed by atoms with Crippen molar-refractivity contribution in [3.63, 3.8) is 0 Å². The Hall–Kier alpha value is -2.22. The van der Waals surface area contributed by atoms with Crippen molar-refractivity contribution in [1.29, 1.82) is 0 Å². The van der Waals surface area contributed by atoms with Gasteiger partial charge in [-0.2, -0.15) is 0 Å². The van der Waals surface area contributed by atoms with E-state index in [4.69, 9.17) is 0 Å². The number of likely N-dealkylation sites (tertiary alicyclic amines) is 2. The molecule has 0 aliphatic carbocycles. The number of carbonyl (C=O) groups is 2. The molecule has 148 valence electrons. The maximum atomic E-state index is 13.1. The van der Waals surface area contributed by atoms with E-state index in [9.17, 15) is 19.5 Å². The molecule has 0 aromatic carbocycles. The maximum Gasteiger partial charge on any atom is 0.254 e. The average molecular weight is 376 g/mol. The van der Waals surface area contributed by atoms with Crippen LogP contribution in [0.1, 0.15) is 49.7 Å². The third-order valence-electron chi connectivity index (χ3n) is 5.80. The topological polar surface area (TPSA) is 107 Å². The number of β-amino-alcohol motifs (C(OH)–C–C–N with tert-alkyl or cyclic N) is 1. The fraction of sp³-hybridized carbons (Fsp3) is 0.684. The Morgan fingerprint density at radius 1 is 1.26 bits per heavy atom. The van der Waals surface area contributed by atoms with Gasteiger partial charge in [0.2, 0.25) is 11.8 Å². The summed E-state index contributed by atoms with van der Waals surface area (Å²) in [6.07, 6.45) is 3.43. The Labute approximate surface area is 158 Å². The van der Waals surface area contributed by atoms with Crippen molar-refractivity contribution in [2.75, 3.05) is 26.2 Å². The number of amides is 2. The van der Waals surface area contributed by atoms with Crippen LogP contribution in [-0.4, -0.2) is 68.5 Å². The van der Waals surface area contributed by atoms with Gasteiger partial charge in [-0.3, -0.25) is 14.4 Å². The van der Waals surface area contributed by atoms with Crippen LogP contribution < -0.4 is 5.56 Å². The van der Waals surface area contributed by atoms with Gasteiger partial charge in [0.05, 0.1) is 13.0 Å². The van der Waals surface area contributed by atoms with Crippen molar-refractivity contribution in [2.45, 2.75) is 57.9 Å². The van der Waals surface area contributed by atoms with Crippen molar-refractivity contribution in [1.82, 2.24) is 19.8 Å². The summed E-state index contributed by atoms with van der Waals surface area (Å²) in [4.78, 5) is 48.9. The van der Waals surface area contributed by atoms with E-state index in [0.717, 1.165) is 12.8 Å². The first-order valence-electron chi connectivity index (χ1n) is 9.72. The van der Waals surface area contributed by atoms with Gasteiger partial charge in [-0.1, -0.05) is 6.92 Å². The van der Waals surface area contributed by atoms with Gasteiger partial charge in [0.1, 0.15) is 11.4 Å². The number of aliphatic hydroxyl groups excluding tert-OH is 1. The predicted octanol–water partition coefficient (Wildman–Crippen LogP) is 0.159. The molecule has 8 nitrogen and oxygen atoms in total. The molecule has 3 rings (SSSR count). The molecule has 0 bridgehead atoms. The van der Waals surface area contributed by atoms with Gasteiger partial charge in [-0.25, -0.2) is 4.98 Å². The number of aliphatic hydroxyl groups is 1. The van der Waals surface area contributed by atoms with Gasteiger partial charge >= 0.3 is 0 Å². The third kappa shape index (κ3) is 3.50. The number of nitrogens with zero attached hydrogens (tertiary/aromatic N) is 3. The molecule has 1 aromatic rings. The van der Waals surface area contributed by atoms with Crippen molar-refractivity contribution < 1.29 is 14.7 Å². The summed E-state index contributed by atoms with van der Waals surface area (Å²) in [7, 11) is 0. The molecule has 2 aliphatic rings. The lowest BCUT2D eigenvalue weighted by Gasteiger charge is -2.44. The Kier molecular flexibility index (Phi) is 5.64. The lowest BCUT2D eigenvalue weighted by molar-refractivity contribution is -0.155. The molecule has 2 amide bonds. The highest BCUT2D eigenvalue weighted by atomic mass is 16.3. The summed E-state index contributed by atoms with van der Waals surface area (Å²) in [5.74, 6) is 0.332. The average Bonchev–Trinajstić information content (AvgIpc) is 3.06. The summed E-state index contributed by atoms with van der Waals surface area (Å²) < 4.78 is 0. The minimum atomic E-state index is -0.818. The van der Waals surface area contributed by atoms with Crippen LogP contribution in [0.4, 0.5) is 0 Å². The number of aromatic nitrogens is 2.